The first-order chi connectivity index (χ1) is 20.1. The lowest BCUT2D eigenvalue weighted by Gasteiger charge is -2.14. The molecule has 0 fully saturated rings. The Morgan fingerprint density at radius 3 is 1.73 bits per heavy atom. The van der Waals surface area contributed by atoms with Crippen LogP contribution in [0.2, 0.25) is 0 Å². The third kappa shape index (κ3) is 32.0. The van der Waals surface area contributed by atoms with Crippen LogP contribution in [0.4, 0.5) is 0 Å². The summed E-state index contributed by atoms with van der Waals surface area (Å²) in [7, 11) is 0. The Labute approximate surface area is 253 Å². The van der Waals surface area contributed by atoms with E-state index in [9.17, 15) is 9.59 Å². The Kier molecular flexibility index (Phi) is 30.3. The SMILES string of the molecule is CC/C=C\C/C=C\C/C=C\CCCCCCCC(=O)OC(/C=C\C/C=C\CCCCCC)CCCCCCC(=O)O. The predicted molar refractivity (Wildman–Crippen MR) is 176 cm³/mol. The lowest BCUT2D eigenvalue weighted by atomic mass is 10.1. The highest BCUT2D eigenvalue weighted by Gasteiger charge is 2.11. The van der Waals surface area contributed by atoms with E-state index >= 15 is 0 Å². The molecule has 0 aliphatic heterocycles. The van der Waals surface area contributed by atoms with Gasteiger partial charge in [-0.15, -0.1) is 0 Å². The van der Waals surface area contributed by atoms with Crippen LogP contribution in [0.5, 0.6) is 0 Å². The number of carboxylic acids is 1. The molecular weight excluding hydrogens is 508 g/mol. The van der Waals surface area contributed by atoms with Gasteiger partial charge in [0.2, 0.25) is 0 Å². The number of aliphatic carboxylic acids is 1. The van der Waals surface area contributed by atoms with E-state index in [0.717, 1.165) is 83.5 Å². The summed E-state index contributed by atoms with van der Waals surface area (Å²) < 4.78 is 5.82. The van der Waals surface area contributed by atoms with Crippen LogP contribution in [0.25, 0.3) is 0 Å². The van der Waals surface area contributed by atoms with Crippen molar-refractivity contribution in [2.75, 3.05) is 0 Å². The number of hydrogen-bond acceptors (Lipinski definition) is 3. The highest BCUT2D eigenvalue weighted by molar-refractivity contribution is 5.69. The van der Waals surface area contributed by atoms with Crippen molar-refractivity contribution < 1.29 is 19.4 Å². The molecule has 0 spiro atoms. The molecule has 0 heterocycles. The Morgan fingerprint density at radius 1 is 0.585 bits per heavy atom. The molecule has 0 aliphatic rings. The molecule has 1 unspecified atom stereocenters. The molecule has 0 rings (SSSR count). The van der Waals surface area contributed by atoms with Gasteiger partial charge in [0, 0.05) is 12.8 Å². The Morgan fingerprint density at radius 2 is 1.10 bits per heavy atom. The average molecular weight is 571 g/mol. The first kappa shape index (κ1) is 38.6. The first-order valence-corrected chi connectivity index (χ1v) is 16.8. The van der Waals surface area contributed by atoms with Crippen LogP contribution in [-0.2, 0) is 14.3 Å². The van der Waals surface area contributed by atoms with Gasteiger partial charge in [-0.25, -0.2) is 0 Å². The zero-order valence-electron chi connectivity index (χ0n) is 26.6. The van der Waals surface area contributed by atoms with E-state index in [-0.39, 0.29) is 18.5 Å². The van der Waals surface area contributed by atoms with Crippen molar-refractivity contribution in [3.05, 3.63) is 60.8 Å². The number of carboxylic acid groups (broad SMARTS) is 1. The number of allylic oxidation sites excluding steroid dienone is 9. The van der Waals surface area contributed by atoms with Crippen molar-refractivity contribution in [1.82, 2.24) is 0 Å². The lowest BCUT2D eigenvalue weighted by Crippen LogP contribution is -2.16. The number of hydrogen-bond donors (Lipinski definition) is 1. The fourth-order valence-electron chi connectivity index (χ4n) is 4.50. The van der Waals surface area contributed by atoms with Crippen molar-refractivity contribution in [3.63, 3.8) is 0 Å². The van der Waals surface area contributed by atoms with Crippen LogP contribution in [-0.4, -0.2) is 23.1 Å². The molecule has 0 saturated carbocycles. The summed E-state index contributed by atoms with van der Waals surface area (Å²) in [5.41, 5.74) is 0. The summed E-state index contributed by atoms with van der Waals surface area (Å²) in [5.74, 6) is -0.831. The van der Waals surface area contributed by atoms with E-state index in [1.807, 2.05) is 6.08 Å². The quantitative estimate of drug-likeness (QED) is 0.0552. The molecule has 0 saturated heterocycles. The Hall–Kier alpha value is -2.36. The van der Waals surface area contributed by atoms with E-state index in [1.165, 1.54) is 38.5 Å². The molecule has 1 atom stereocenters. The molecule has 4 heteroatoms. The van der Waals surface area contributed by atoms with Gasteiger partial charge in [0.25, 0.3) is 0 Å². The third-order valence-electron chi connectivity index (χ3n) is 6.96. The molecule has 0 radical (unpaired) electrons. The van der Waals surface area contributed by atoms with Crippen molar-refractivity contribution in [2.24, 2.45) is 0 Å². The molecule has 0 aromatic heterocycles. The van der Waals surface area contributed by atoms with Crippen LogP contribution in [0.15, 0.2) is 60.8 Å². The van der Waals surface area contributed by atoms with Crippen LogP contribution in [0.3, 0.4) is 0 Å². The monoisotopic (exact) mass is 570 g/mol. The summed E-state index contributed by atoms with van der Waals surface area (Å²) in [6.07, 6.45) is 43.8. The maximum atomic E-state index is 12.5. The summed E-state index contributed by atoms with van der Waals surface area (Å²) >= 11 is 0. The second-order valence-corrected chi connectivity index (χ2v) is 11.0. The van der Waals surface area contributed by atoms with Crippen LogP contribution in [0, 0.1) is 0 Å². The Bertz CT molecular complexity index is 744. The number of rotatable bonds is 29. The number of ether oxygens (including phenoxy) is 1. The summed E-state index contributed by atoms with van der Waals surface area (Å²) in [5, 5.41) is 8.80. The van der Waals surface area contributed by atoms with Crippen molar-refractivity contribution in [2.45, 2.75) is 161 Å². The zero-order chi connectivity index (χ0) is 30.1. The van der Waals surface area contributed by atoms with Gasteiger partial charge < -0.3 is 9.84 Å². The molecule has 0 aliphatic carbocycles. The second kappa shape index (κ2) is 32.2. The summed E-state index contributed by atoms with van der Waals surface area (Å²) in [4.78, 5) is 23.2. The number of esters is 1. The first-order valence-electron chi connectivity index (χ1n) is 16.8. The minimum Gasteiger partial charge on any atom is -0.481 e. The van der Waals surface area contributed by atoms with Gasteiger partial charge in [-0.2, -0.15) is 0 Å². The number of carbonyl (C=O) groups is 2. The van der Waals surface area contributed by atoms with Gasteiger partial charge >= 0.3 is 11.9 Å². The van der Waals surface area contributed by atoms with Crippen LogP contribution >= 0.6 is 0 Å². The van der Waals surface area contributed by atoms with Gasteiger partial charge in [0.15, 0.2) is 0 Å². The summed E-state index contributed by atoms with van der Waals surface area (Å²) in [6, 6.07) is 0. The fourth-order valence-corrected chi connectivity index (χ4v) is 4.50. The van der Waals surface area contributed by atoms with Gasteiger partial charge in [-0.3, -0.25) is 9.59 Å². The molecule has 4 nitrogen and oxygen atoms in total. The molecule has 41 heavy (non-hydrogen) atoms. The van der Waals surface area contributed by atoms with Crippen LogP contribution < -0.4 is 0 Å². The van der Waals surface area contributed by atoms with E-state index in [4.69, 9.17) is 9.84 Å². The van der Waals surface area contributed by atoms with Gasteiger partial charge in [0.05, 0.1) is 0 Å². The van der Waals surface area contributed by atoms with Crippen molar-refractivity contribution in [1.29, 1.82) is 0 Å². The molecule has 0 aromatic carbocycles. The van der Waals surface area contributed by atoms with Gasteiger partial charge in [-0.05, 0) is 83.1 Å². The number of carbonyl (C=O) groups excluding carboxylic acids is 1. The normalized spacial score (nSPS) is 13.0. The standard InChI is InChI=1S/C37H62O4/c1-3-5-7-9-11-13-14-15-16-17-18-20-22-24-30-34-37(40)41-35(32-28-25-26-29-33-36(38)39)31-27-23-21-19-12-10-8-6-4-2/h5,7,11,13,15-16,19,21,27,31,35H,3-4,6,8-10,12,14,17-18,20,22-26,28-30,32-34H2,1-2H3,(H,38,39)/b7-5-,13-11-,16-15-,21-19-,31-27-. The van der Waals surface area contributed by atoms with E-state index in [1.54, 1.807) is 0 Å². The van der Waals surface area contributed by atoms with Crippen LogP contribution in [0.1, 0.15) is 155 Å². The second-order valence-electron chi connectivity index (χ2n) is 11.0. The molecule has 0 aromatic rings. The predicted octanol–water partition coefficient (Wildman–Crippen LogP) is 11.4. The zero-order valence-corrected chi connectivity index (χ0v) is 26.6. The van der Waals surface area contributed by atoms with E-state index < -0.39 is 5.97 Å². The molecule has 0 amide bonds. The minimum absolute atomic E-state index is 0.0989. The summed E-state index contributed by atoms with van der Waals surface area (Å²) in [6.45, 7) is 4.39. The highest BCUT2D eigenvalue weighted by atomic mass is 16.5. The van der Waals surface area contributed by atoms with Crippen molar-refractivity contribution >= 4 is 11.9 Å². The van der Waals surface area contributed by atoms with E-state index in [2.05, 4.69) is 68.5 Å². The van der Waals surface area contributed by atoms with E-state index in [0.29, 0.717) is 12.8 Å². The average Bonchev–Trinajstić information content (AvgIpc) is 2.95. The Balaban J connectivity index is 4.16. The highest BCUT2D eigenvalue weighted by Crippen LogP contribution is 2.14. The fraction of sp³-hybridized carbons (Fsp3) is 0.676. The molecule has 0 bridgehead atoms. The number of unbranched alkanes of at least 4 members (excludes halogenated alkanes) is 12. The lowest BCUT2D eigenvalue weighted by molar-refractivity contribution is -0.147. The maximum absolute atomic E-state index is 12.5. The third-order valence-corrected chi connectivity index (χ3v) is 6.96. The topological polar surface area (TPSA) is 63.6 Å². The minimum atomic E-state index is -0.732. The van der Waals surface area contributed by atoms with Gasteiger partial charge in [-0.1, -0.05) is 120 Å². The van der Waals surface area contributed by atoms with Crippen molar-refractivity contribution in [3.8, 4) is 0 Å². The maximum Gasteiger partial charge on any atom is 0.306 e. The molecular formula is C37H62O4. The largest absolute Gasteiger partial charge is 0.481 e. The van der Waals surface area contributed by atoms with Gasteiger partial charge in [0.1, 0.15) is 6.10 Å². The smallest absolute Gasteiger partial charge is 0.306 e. The molecule has 234 valence electrons. The molecule has 1 N–H and O–H groups in total.